The predicted molar refractivity (Wildman–Crippen MR) is 93.4 cm³/mol. The molecule has 0 spiro atoms. The van der Waals surface area contributed by atoms with E-state index in [1.54, 1.807) is 20.8 Å². The van der Waals surface area contributed by atoms with Crippen molar-refractivity contribution in [3.05, 3.63) is 24.3 Å². The van der Waals surface area contributed by atoms with Gasteiger partial charge < -0.3 is 15.0 Å². The minimum absolute atomic E-state index is 0.160. The Labute approximate surface area is 137 Å². The maximum Gasteiger partial charge on any atom is 0.203 e. The maximum atomic E-state index is 11.9. The number of aliphatic hydroxyl groups excluding tert-OH is 1. The Hall–Kier alpha value is -1.60. The third-order valence-corrected chi connectivity index (χ3v) is 6.03. The number of aromatic nitrogens is 2. The summed E-state index contributed by atoms with van der Waals surface area (Å²) in [6, 6.07) is 7.74. The minimum Gasteiger partial charge on any atom is -0.392 e. The van der Waals surface area contributed by atoms with Crippen LogP contribution in [0, 0.1) is 0 Å². The van der Waals surface area contributed by atoms with Crippen molar-refractivity contribution in [1.82, 2.24) is 9.55 Å². The Morgan fingerprint density at radius 3 is 2.61 bits per heavy atom. The van der Waals surface area contributed by atoms with Crippen LogP contribution in [0.4, 0.5) is 5.95 Å². The lowest BCUT2D eigenvalue weighted by Crippen LogP contribution is -2.20. The second-order valence-electron chi connectivity index (χ2n) is 6.07. The topological polar surface area (TPSA) is 84.2 Å². The van der Waals surface area contributed by atoms with Gasteiger partial charge in [0, 0.05) is 13.1 Å². The van der Waals surface area contributed by atoms with Gasteiger partial charge in [0.05, 0.1) is 28.1 Å². The van der Waals surface area contributed by atoms with E-state index in [0.29, 0.717) is 25.5 Å². The zero-order valence-corrected chi connectivity index (χ0v) is 14.7. The van der Waals surface area contributed by atoms with Crippen LogP contribution in [-0.2, 0) is 16.4 Å². The third-order valence-electron chi connectivity index (χ3n) is 3.74. The van der Waals surface area contributed by atoms with Gasteiger partial charge in [-0.1, -0.05) is 12.1 Å². The molecule has 0 amide bonds. The minimum atomic E-state index is -3.04. The molecule has 6 nitrogen and oxygen atoms in total. The number of sulfone groups is 1. The van der Waals surface area contributed by atoms with Gasteiger partial charge >= 0.3 is 0 Å². The molecule has 1 aromatic heterocycles. The standard InChI is InChI=1S/C16H25N3O3S/c1-12(2)23(21,22)10-6-9-19-15-8-5-4-7-14(15)18-16(19)17-11-13(3)20/h4-5,7-8,12-13,20H,6,9-11H2,1-3H3,(H,17,18). The summed E-state index contributed by atoms with van der Waals surface area (Å²) < 4.78 is 25.9. The maximum absolute atomic E-state index is 11.9. The van der Waals surface area contributed by atoms with Gasteiger partial charge in [-0.3, -0.25) is 0 Å². The average Bonchev–Trinajstić information content (AvgIpc) is 2.83. The first-order valence-corrected chi connectivity index (χ1v) is 9.61. The van der Waals surface area contributed by atoms with Gasteiger partial charge in [-0.05, 0) is 39.3 Å². The third kappa shape index (κ3) is 4.45. The van der Waals surface area contributed by atoms with Crippen LogP contribution >= 0.6 is 0 Å². The molecule has 0 aliphatic heterocycles. The predicted octanol–water partition coefficient (Wildman–Crippen LogP) is 2.04. The van der Waals surface area contributed by atoms with Gasteiger partial charge in [0.15, 0.2) is 9.84 Å². The summed E-state index contributed by atoms with van der Waals surface area (Å²) in [6.07, 6.45) is 0.0501. The summed E-state index contributed by atoms with van der Waals surface area (Å²) in [4.78, 5) is 4.53. The molecule has 0 bridgehead atoms. The molecule has 1 heterocycles. The highest BCUT2D eigenvalue weighted by atomic mass is 32.2. The van der Waals surface area contributed by atoms with Crippen molar-refractivity contribution in [2.45, 2.75) is 45.1 Å². The van der Waals surface area contributed by atoms with Crippen LogP contribution in [-0.4, -0.2) is 46.7 Å². The molecule has 0 radical (unpaired) electrons. The number of para-hydroxylation sites is 2. The van der Waals surface area contributed by atoms with Crippen molar-refractivity contribution in [2.75, 3.05) is 17.6 Å². The molecule has 128 valence electrons. The second-order valence-corrected chi connectivity index (χ2v) is 8.75. The van der Waals surface area contributed by atoms with Crippen LogP contribution in [0.3, 0.4) is 0 Å². The molecule has 0 saturated carbocycles. The number of hydrogen-bond acceptors (Lipinski definition) is 5. The Morgan fingerprint density at radius 1 is 1.26 bits per heavy atom. The molecule has 0 fully saturated rings. The van der Waals surface area contributed by atoms with E-state index in [-0.39, 0.29) is 11.0 Å². The molecule has 0 aliphatic rings. The lowest BCUT2D eigenvalue weighted by Gasteiger charge is -2.13. The van der Waals surface area contributed by atoms with Gasteiger partial charge in [0.1, 0.15) is 0 Å². The molecule has 2 aromatic rings. The van der Waals surface area contributed by atoms with Gasteiger partial charge in [0.25, 0.3) is 0 Å². The monoisotopic (exact) mass is 339 g/mol. The smallest absolute Gasteiger partial charge is 0.203 e. The molecule has 2 rings (SSSR count). The zero-order chi connectivity index (χ0) is 17.0. The second kappa shape index (κ2) is 7.31. The van der Waals surface area contributed by atoms with Crippen LogP contribution in [0.1, 0.15) is 27.2 Å². The van der Waals surface area contributed by atoms with E-state index in [4.69, 9.17) is 0 Å². The quantitative estimate of drug-likeness (QED) is 0.769. The first-order chi connectivity index (χ1) is 10.8. The van der Waals surface area contributed by atoms with Crippen molar-refractivity contribution < 1.29 is 13.5 Å². The lowest BCUT2D eigenvalue weighted by molar-refractivity contribution is 0.208. The Morgan fingerprint density at radius 2 is 1.96 bits per heavy atom. The average molecular weight is 339 g/mol. The summed E-state index contributed by atoms with van der Waals surface area (Å²) >= 11 is 0. The molecule has 2 N–H and O–H groups in total. The van der Waals surface area contributed by atoms with Crippen LogP contribution in [0.5, 0.6) is 0 Å². The van der Waals surface area contributed by atoms with Crippen LogP contribution in [0.2, 0.25) is 0 Å². The van der Waals surface area contributed by atoms with Crippen LogP contribution in [0.25, 0.3) is 11.0 Å². The van der Waals surface area contributed by atoms with Crippen molar-refractivity contribution >= 4 is 26.8 Å². The molecule has 0 aliphatic carbocycles. The summed E-state index contributed by atoms with van der Waals surface area (Å²) in [5, 5.41) is 12.2. The fourth-order valence-electron chi connectivity index (χ4n) is 2.34. The van der Waals surface area contributed by atoms with Crippen molar-refractivity contribution in [3.63, 3.8) is 0 Å². The van der Waals surface area contributed by atoms with Gasteiger partial charge in [-0.25, -0.2) is 13.4 Å². The molecule has 1 aromatic carbocycles. The number of hydrogen-bond donors (Lipinski definition) is 2. The summed E-state index contributed by atoms with van der Waals surface area (Å²) in [7, 11) is -3.04. The van der Waals surface area contributed by atoms with Crippen molar-refractivity contribution in [2.24, 2.45) is 0 Å². The Balaban J connectivity index is 2.18. The number of rotatable bonds is 8. The molecular formula is C16H25N3O3S. The number of benzene rings is 1. The van der Waals surface area contributed by atoms with E-state index < -0.39 is 15.9 Å². The highest BCUT2D eigenvalue weighted by Crippen LogP contribution is 2.20. The fraction of sp³-hybridized carbons (Fsp3) is 0.562. The number of anilines is 1. The molecule has 23 heavy (non-hydrogen) atoms. The summed E-state index contributed by atoms with van der Waals surface area (Å²) in [6.45, 7) is 6.08. The van der Waals surface area contributed by atoms with Gasteiger partial charge in [0.2, 0.25) is 5.95 Å². The largest absolute Gasteiger partial charge is 0.392 e. The number of fused-ring (bicyclic) bond motifs is 1. The number of nitrogens with one attached hydrogen (secondary N) is 1. The van der Waals surface area contributed by atoms with Crippen molar-refractivity contribution in [3.8, 4) is 0 Å². The Bertz CT molecular complexity index is 751. The number of nitrogens with zero attached hydrogens (tertiary/aromatic N) is 2. The Kier molecular flexibility index (Phi) is 5.64. The van der Waals surface area contributed by atoms with E-state index in [9.17, 15) is 13.5 Å². The van der Waals surface area contributed by atoms with Crippen LogP contribution in [0.15, 0.2) is 24.3 Å². The highest BCUT2D eigenvalue weighted by Gasteiger charge is 2.17. The molecular weight excluding hydrogens is 314 g/mol. The van der Waals surface area contributed by atoms with E-state index in [2.05, 4.69) is 10.3 Å². The molecule has 1 atom stereocenters. The SMILES string of the molecule is CC(O)CNc1nc2ccccc2n1CCCS(=O)(=O)C(C)C. The van der Waals surface area contributed by atoms with Gasteiger partial charge in [-0.2, -0.15) is 0 Å². The van der Waals surface area contributed by atoms with E-state index in [0.717, 1.165) is 11.0 Å². The summed E-state index contributed by atoms with van der Waals surface area (Å²) in [5.41, 5.74) is 1.81. The molecule has 0 saturated heterocycles. The van der Waals surface area contributed by atoms with E-state index in [1.165, 1.54) is 0 Å². The zero-order valence-electron chi connectivity index (χ0n) is 13.9. The molecule has 1 unspecified atom stereocenters. The summed E-state index contributed by atoms with van der Waals surface area (Å²) in [5.74, 6) is 0.821. The van der Waals surface area contributed by atoms with E-state index >= 15 is 0 Å². The van der Waals surface area contributed by atoms with Gasteiger partial charge in [-0.15, -0.1) is 0 Å². The lowest BCUT2D eigenvalue weighted by atomic mass is 10.3. The number of imidazole rings is 1. The normalized spacial score (nSPS) is 13.6. The number of aryl methyl sites for hydroxylation is 1. The number of aliphatic hydroxyl groups is 1. The first-order valence-electron chi connectivity index (χ1n) is 7.90. The highest BCUT2D eigenvalue weighted by molar-refractivity contribution is 7.91. The van der Waals surface area contributed by atoms with E-state index in [1.807, 2.05) is 28.8 Å². The first kappa shape index (κ1) is 17.7. The van der Waals surface area contributed by atoms with Crippen LogP contribution < -0.4 is 5.32 Å². The fourth-order valence-corrected chi connectivity index (χ4v) is 3.34. The van der Waals surface area contributed by atoms with Crippen molar-refractivity contribution in [1.29, 1.82) is 0 Å². The molecule has 7 heteroatoms.